The van der Waals surface area contributed by atoms with Crippen molar-refractivity contribution in [2.45, 2.75) is 39.2 Å². The Bertz CT molecular complexity index is 198. The SMILES string of the molecule is CCC(O)(CC)C(=O)NOC(C)=O. The summed E-state index contributed by atoms with van der Waals surface area (Å²) in [6, 6.07) is 0. The van der Waals surface area contributed by atoms with Gasteiger partial charge in [0.05, 0.1) is 0 Å². The summed E-state index contributed by atoms with van der Waals surface area (Å²) >= 11 is 0. The molecule has 2 N–H and O–H groups in total. The Morgan fingerprint density at radius 1 is 1.38 bits per heavy atom. The molecule has 0 unspecified atom stereocenters. The summed E-state index contributed by atoms with van der Waals surface area (Å²) in [6.45, 7) is 4.52. The Kier molecular flexibility index (Phi) is 4.40. The highest BCUT2D eigenvalue weighted by Gasteiger charge is 2.32. The van der Waals surface area contributed by atoms with E-state index in [1.807, 2.05) is 5.48 Å². The molecular weight excluding hydrogens is 174 g/mol. The molecule has 0 aliphatic heterocycles. The lowest BCUT2D eigenvalue weighted by Crippen LogP contribution is -2.46. The molecule has 0 radical (unpaired) electrons. The number of hydrogen-bond acceptors (Lipinski definition) is 4. The molecule has 0 aromatic heterocycles. The van der Waals surface area contributed by atoms with Crippen molar-refractivity contribution in [3.05, 3.63) is 0 Å². The quantitative estimate of drug-likeness (QED) is 0.619. The Balaban J connectivity index is 4.15. The van der Waals surface area contributed by atoms with Crippen molar-refractivity contribution in [1.82, 2.24) is 5.48 Å². The van der Waals surface area contributed by atoms with Crippen LogP contribution in [0.4, 0.5) is 0 Å². The molecular formula is C8H15NO4. The summed E-state index contributed by atoms with van der Waals surface area (Å²) in [6.07, 6.45) is 0.549. The first-order valence-electron chi connectivity index (χ1n) is 4.16. The van der Waals surface area contributed by atoms with Crippen LogP contribution in [0.15, 0.2) is 0 Å². The number of aliphatic hydroxyl groups is 1. The van der Waals surface area contributed by atoms with Crippen LogP contribution in [0.1, 0.15) is 33.6 Å². The van der Waals surface area contributed by atoms with Crippen molar-refractivity contribution in [2.24, 2.45) is 0 Å². The fourth-order valence-electron chi connectivity index (χ4n) is 0.784. The van der Waals surface area contributed by atoms with Crippen LogP contribution in [0, 0.1) is 0 Å². The smallest absolute Gasteiger partial charge is 0.329 e. The Hall–Kier alpha value is -1.10. The van der Waals surface area contributed by atoms with E-state index in [4.69, 9.17) is 0 Å². The van der Waals surface area contributed by atoms with Crippen LogP contribution in [0.2, 0.25) is 0 Å². The third-order valence-electron chi connectivity index (χ3n) is 1.88. The summed E-state index contributed by atoms with van der Waals surface area (Å²) in [4.78, 5) is 25.8. The summed E-state index contributed by atoms with van der Waals surface area (Å²) in [5.41, 5.74) is 0.437. The molecule has 13 heavy (non-hydrogen) atoms. The highest BCUT2D eigenvalue weighted by atomic mass is 16.7. The number of nitrogens with one attached hydrogen (secondary N) is 1. The van der Waals surface area contributed by atoms with Gasteiger partial charge in [-0.1, -0.05) is 13.8 Å². The highest BCUT2D eigenvalue weighted by molar-refractivity contribution is 5.84. The largest absolute Gasteiger partial charge is 0.380 e. The van der Waals surface area contributed by atoms with Gasteiger partial charge >= 0.3 is 5.97 Å². The third kappa shape index (κ3) is 3.42. The van der Waals surface area contributed by atoms with Crippen LogP contribution in [-0.4, -0.2) is 22.6 Å². The van der Waals surface area contributed by atoms with Gasteiger partial charge in [0.15, 0.2) is 0 Å². The van der Waals surface area contributed by atoms with Crippen molar-refractivity contribution in [1.29, 1.82) is 0 Å². The van der Waals surface area contributed by atoms with Gasteiger partial charge in [0, 0.05) is 6.92 Å². The van der Waals surface area contributed by atoms with E-state index in [0.717, 1.165) is 6.92 Å². The average molecular weight is 189 g/mol. The first kappa shape index (κ1) is 11.9. The number of amides is 1. The van der Waals surface area contributed by atoms with E-state index in [2.05, 4.69) is 4.84 Å². The predicted octanol–water partition coefficient (Wildman–Crippen LogP) is 0.132. The summed E-state index contributed by atoms with van der Waals surface area (Å²) in [5, 5.41) is 9.61. The zero-order chi connectivity index (χ0) is 10.5. The van der Waals surface area contributed by atoms with Gasteiger partial charge < -0.3 is 9.94 Å². The van der Waals surface area contributed by atoms with Gasteiger partial charge in [0.1, 0.15) is 5.60 Å². The third-order valence-corrected chi connectivity index (χ3v) is 1.88. The van der Waals surface area contributed by atoms with E-state index >= 15 is 0 Å². The van der Waals surface area contributed by atoms with Gasteiger partial charge in [-0.2, -0.15) is 5.48 Å². The standard InChI is InChI=1S/C8H15NO4/c1-4-8(12,5-2)7(11)9-13-6(3)10/h12H,4-5H2,1-3H3,(H,9,11). The molecule has 0 aliphatic rings. The van der Waals surface area contributed by atoms with E-state index < -0.39 is 17.5 Å². The molecule has 0 rings (SSSR count). The lowest BCUT2D eigenvalue weighted by Gasteiger charge is -2.22. The molecule has 0 saturated carbocycles. The van der Waals surface area contributed by atoms with Crippen LogP contribution in [0.3, 0.4) is 0 Å². The maximum Gasteiger partial charge on any atom is 0.329 e. The Morgan fingerprint density at radius 2 is 1.85 bits per heavy atom. The Morgan fingerprint density at radius 3 is 2.15 bits per heavy atom. The number of hydroxylamine groups is 1. The number of carbonyl (C=O) groups excluding carboxylic acids is 2. The van der Waals surface area contributed by atoms with Gasteiger partial charge in [-0.05, 0) is 12.8 Å². The van der Waals surface area contributed by atoms with Gasteiger partial charge in [-0.25, -0.2) is 0 Å². The zero-order valence-corrected chi connectivity index (χ0v) is 8.09. The van der Waals surface area contributed by atoms with Crippen molar-refractivity contribution in [3.8, 4) is 0 Å². The van der Waals surface area contributed by atoms with Crippen LogP contribution in [0.5, 0.6) is 0 Å². The molecule has 5 heteroatoms. The minimum atomic E-state index is -1.45. The van der Waals surface area contributed by atoms with Crippen LogP contribution < -0.4 is 5.48 Å². The normalized spacial score (nSPS) is 10.8. The summed E-state index contributed by atoms with van der Waals surface area (Å²) in [5.74, 6) is -1.31. The van der Waals surface area contributed by atoms with Crippen LogP contribution >= 0.6 is 0 Å². The molecule has 0 saturated heterocycles. The molecule has 0 aliphatic carbocycles. The lowest BCUT2D eigenvalue weighted by molar-refractivity contribution is -0.165. The van der Waals surface area contributed by atoms with E-state index in [9.17, 15) is 14.7 Å². The zero-order valence-electron chi connectivity index (χ0n) is 8.09. The van der Waals surface area contributed by atoms with E-state index in [1.54, 1.807) is 13.8 Å². The Labute approximate surface area is 77.0 Å². The number of carbonyl (C=O) groups is 2. The van der Waals surface area contributed by atoms with Crippen molar-refractivity contribution >= 4 is 11.9 Å². The van der Waals surface area contributed by atoms with Crippen molar-refractivity contribution in [3.63, 3.8) is 0 Å². The lowest BCUT2D eigenvalue weighted by atomic mass is 9.97. The molecule has 0 heterocycles. The maximum atomic E-state index is 11.2. The summed E-state index contributed by atoms with van der Waals surface area (Å²) in [7, 11) is 0. The molecule has 1 amide bonds. The van der Waals surface area contributed by atoms with E-state index in [1.165, 1.54) is 0 Å². The maximum absolute atomic E-state index is 11.2. The second-order valence-electron chi connectivity index (χ2n) is 2.76. The molecule has 0 aromatic rings. The van der Waals surface area contributed by atoms with Crippen molar-refractivity contribution in [2.75, 3.05) is 0 Å². The number of hydrogen-bond donors (Lipinski definition) is 2. The second-order valence-corrected chi connectivity index (χ2v) is 2.76. The molecule has 76 valence electrons. The second kappa shape index (κ2) is 4.81. The fraction of sp³-hybridized carbons (Fsp3) is 0.750. The molecule has 0 atom stereocenters. The van der Waals surface area contributed by atoms with E-state index in [0.29, 0.717) is 0 Å². The molecule has 0 aromatic carbocycles. The van der Waals surface area contributed by atoms with Crippen LogP contribution in [0.25, 0.3) is 0 Å². The van der Waals surface area contributed by atoms with Crippen LogP contribution in [-0.2, 0) is 14.4 Å². The molecule has 0 spiro atoms. The minimum absolute atomic E-state index is 0.274. The first-order valence-corrected chi connectivity index (χ1v) is 4.16. The minimum Gasteiger partial charge on any atom is -0.380 e. The molecule has 0 fully saturated rings. The average Bonchev–Trinajstić information content (AvgIpc) is 2.12. The predicted molar refractivity (Wildman–Crippen MR) is 45.4 cm³/mol. The van der Waals surface area contributed by atoms with Gasteiger partial charge in [0.2, 0.25) is 0 Å². The van der Waals surface area contributed by atoms with Gasteiger partial charge in [-0.15, -0.1) is 0 Å². The fourth-order valence-corrected chi connectivity index (χ4v) is 0.784. The topological polar surface area (TPSA) is 75.6 Å². The van der Waals surface area contributed by atoms with E-state index in [-0.39, 0.29) is 12.8 Å². The van der Waals surface area contributed by atoms with Crippen molar-refractivity contribution < 1.29 is 19.5 Å². The summed E-state index contributed by atoms with van der Waals surface area (Å²) < 4.78 is 0. The molecule has 5 nitrogen and oxygen atoms in total. The van der Waals surface area contributed by atoms with Gasteiger partial charge in [-0.3, -0.25) is 9.59 Å². The van der Waals surface area contributed by atoms with Gasteiger partial charge in [0.25, 0.3) is 5.91 Å². The monoisotopic (exact) mass is 189 g/mol. The molecule has 0 bridgehead atoms. The highest BCUT2D eigenvalue weighted by Crippen LogP contribution is 2.14. The number of rotatable bonds is 3. The first-order chi connectivity index (χ1) is 5.96.